The number of likely N-dealkylation sites (N-methyl/N-ethyl adjacent to an activating group) is 1. The Bertz CT molecular complexity index is 691. The predicted molar refractivity (Wildman–Crippen MR) is 93.2 cm³/mol. The Labute approximate surface area is 137 Å². The van der Waals surface area contributed by atoms with E-state index in [0.29, 0.717) is 5.56 Å². The normalized spacial score (nSPS) is 16.4. The number of amides is 1. The first kappa shape index (κ1) is 15.7. The first-order chi connectivity index (χ1) is 11.1. The Morgan fingerprint density at radius 3 is 2.35 bits per heavy atom. The summed E-state index contributed by atoms with van der Waals surface area (Å²) >= 11 is 0. The number of nitrogens with two attached hydrogens (primary N) is 1. The molecular formula is C19H23N3O. The zero-order valence-electron chi connectivity index (χ0n) is 13.5. The molecule has 2 N–H and O–H groups in total. The molecule has 0 saturated carbocycles. The van der Waals surface area contributed by atoms with E-state index in [9.17, 15) is 4.79 Å². The Hall–Kier alpha value is -2.17. The van der Waals surface area contributed by atoms with Crippen LogP contribution in [0, 0.1) is 0 Å². The number of hydrogen-bond acceptors (Lipinski definition) is 3. The topological polar surface area (TPSA) is 49.6 Å². The number of piperazine rings is 1. The molecule has 0 radical (unpaired) electrons. The van der Waals surface area contributed by atoms with Gasteiger partial charge in [-0.3, -0.25) is 9.69 Å². The number of benzene rings is 2. The molecule has 1 aliphatic heterocycles. The van der Waals surface area contributed by atoms with Gasteiger partial charge in [-0.1, -0.05) is 30.3 Å². The lowest BCUT2D eigenvalue weighted by Crippen LogP contribution is -2.43. The molecule has 2 aromatic carbocycles. The monoisotopic (exact) mass is 309 g/mol. The van der Waals surface area contributed by atoms with Crippen molar-refractivity contribution < 1.29 is 4.79 Å². The molecule has 0 spiro atoms. The summed E-state index contributed by atoms with van der Waals surface area (Å²) in [5.74, 6) is -0.388. The van der Waals surface area contributed by atoms with Crippen LogP contribution in [-0.4, -0.2) is 48.9 Å². The molecule has 3 rings (SSSR count). The van der Waals surface area contributed by atoms with Crippen LogP contribution >= 0.6 is 0 Å². The van der Waals surface area contributed by atoms with Crippen molar-refractivity contribution in [1.29, 1.82) is 0 Å². The third kappa shape index (κ3) is 3.97. The summed E-state index contributed by atoms with van der Waals surface area (Å²) in [7, 11) is 2.17. The van der Waals surface area contributed by atoms with E-state index < -0.39 is 0 Å². The van der Waals surface area contributed by atoms with Gasteiger partial charge in [0.2, 0.25) is 5.91 Å². The summed E-state index contributed by atoms with van der Waals surface area (Å²) in [5.41, 5.74) is 9.38. The summed E-state index contributed by atoms with van der Waals surface area (Å²) in [5, 5.41) is 0. The van der Waals surface area contributed by atoms with Crippen LogP contribution in [0.2, 0.25) is 0 Å². The lowest BCUT2D eigenvalue weighted by molar-refractivity contribution is 0.100. The summed E-state index contributed by atoms with van der Waals surface area (Å²) in [6.07, 6.45) is 0. The largest absolute Gasteiger partial charge is 0.366 e. The fraction of sp³-hybridized carbons (Fsp3) is 0.316. The van der Waals surface area contributed by atoms with Gasteiger partial charge in [0, 0.05) is 38.3 Å². The number of hydrogen-bond donors (Lipinski definition) is 1. The average Bonchev–Trinajstić information content (AvgIpc) is 2.57. The molecule has 0 aliphatic carbocycles. The van der Waals surface area contributed by atoms with Gasteiger partial charge in [0.05, 0.1) is 0 Å². The quantitative estimate of drug-likeness (QED) is 0.942. The third-order valence-electron chi connectivity index (χ3n) is 4.41. The van der Waals surface area contributed by atoms with E-state index in [1.807, 2.05) is 18.2 Å². The van der Waals surface area contributed by atoms with Crippen LogP contribution in [-0.2, 0) is 6.54 Å². The van der Waals surface area contributed by atoms with Crippen LogP contribution in [0.5, 0.6) is 0 Å². The second-order valence-electron chi connectivity index (χ2n) is 6.22. The second kappa shape index (κ2) is 6.94. The first-order valence-electron chi connectivity index (χ1n) is 8.02. The van der Waals surface area contributed by atoms with E-state index in [-0.39, 0.29) is 5.91 Å². The highest BCUT2D eigenvalue weighted by Gasteiger charge is 2.14. The zero-order chi connectivity index (χ0) is 16.2. The van der Waals surface area contributed by atoms with Gasteiger partial charge < -0.3 is 10.6 Å². The van der Waals surface area contributed by atoms with Gasteiger partial charge >= 0.3 is 0 Å². The SMILES string of the molecule is CN1CCN(Cc2cccc(-c3cccc(C(N)=O)c3)c2)CC1. The summed E-state index contributed by atoms with van der Waals surface area (Å²) in [6, 6.07) is 16.0. The maximum absolute atomic E-state index is 11.4. The highest BCUT2D eigenvalue weighted by Crippen LogP contribution is 2.22. The van der Waals surface area contributed by atoms with Crippen LogP contribution < -0.4 is 5.73 Å². The second-order valence-corrected chi connectivity index (χ2v) is 6.22. The fourth-order valence-corrected chi connectivity index (χ4v) is 2.97. The standard InChI is InChI=1S/C19H23N3O/c1-21-8-10-22(11-9-21)14-15-4-2-5-16(12-15)17-6-3-7-18(13-17)19(20)23/h2-7,12-13H,8-11,14H2,1H3,(H2,20,23). The van der Waals surface area contributed by atoms with Crippen LogP contribution in [0.3, 0.4) is 0 Å². The van der Waals surface area contributed by atoms with E-state index >= 15 is 0 Å². The van der Waals surface area contributed by atoms with Gasteiger partial charge in [0.1, 0.15) is 0 Å². The highest BCUT2D eigenvalue weighted by atomic mass is 16.1. The summed E-state index contributed by atoms with van der Waals surface area (Å²) in [6.45, 7) is 5.44. The molecule has 4 nitrogen and oxygen atoms in total. The van der Waals surface area contributed by atoms with Crippen LogP contribution in [0.25, 0.3) is 11.1 Å². The van der Waals surface area contributed by atoms with Crippen molar-refractivity contribution in [3.63, 3.8) is 0 Å². The number of rotatable bonds is 4. The molecule has 1 aliphatic rings. The van der Waals surface area contributed by atoms with Crippen molar-refractivity contribution in [3.8, 4) is 11.1 Å². The average molecular weight is 309 g/mol. The maximum Gasteiger partial charge on any atom is 0.248 e. The van der Waals surface area contributed by atoms with E-state index in [1.54, 1.807) is 6.07 Å². The van der Waals surface area contributed by atoms with Crippen molar-refractivity contribution in [3.05, 3.63) is 59.7 Å². The fourth-order valence-electron chi connectivity index (χ4n) is 2.97. The zero-order valence-corrected chi connectivity index (χ0v) is 13.5. The lowest BCUT2D eigenvalue weighted by Gasteiger charge is -2.32. The van der Waals surface area contributed by atoms with Gasteiger partial charge in [-0.05, 0) is 41.9 Å². The van der Waals surface area contributed by atoms with E-state index in [0.717, 1.165) is 43.9 Å². The number of carbonyl (C=O) groups excluding carboxylic acids is 1. The Morgan fingerprint density at radius 2 is 1.65 bits per heavy atom. The summed E-state index contributed by atoms with van der Waals surface area (Å²) in [4.78, 5) is 16.2. The molecule has 1 fully saturated rings. The molecule has 2 aromatic rings. The molecule has 0 aromatic heterocycles. The van der Waals surface area contributed by atoms with Crippen molar-refractivity contribution >= 4 is 5.91 Å². The molecule has 0 bridgehead atoms. The number of carbonyl (C=O) groups is 1. The minimum Gasteiger partial charge on any atom is -0.366 e. The van der Waals surface area contributed by atoms with Gasteiger partial charge in [-0.15, -0.1) is 0 Å². The van der Waals surface area contributed by atoms with Gasteiger partial charge in [0.25, 0.3) is 0 Å². The van der Waals surface area contributed by atoms with E-state index in [1.165, 1.54) is 5.56 Å². The molecule has 1 heterocycles. The van der Waals surface area contributed by atoms with Crippen LogP contribution in [0.15, 0.2) is 48.5 Å². The van der Waals surface area contributed by atoms with Gasteiger partial charge in [-0.25, -0.2) is 0 Å². The van der Waals surface area contributed by atoms with Crippen molar-refractivity contribution in [2.45, 2.75) is 6.54 Å². The summed E-state index contributed by atoms with van der Waals surface area (Å²) < 4.78 is 0. The van der Waals surface area contributed by atoms with Crippen LogP contribution in [0.4, 0.5) is 0 Å². The molecule has 4 heteroatoms. The van der Waals surface area contributed by atoms with E-state index in [4.69, 9.17) is 5.73 Å². The molecular weight excluding hydrogens is 286 g/mol. The third-order valence-corrected chi connectivity index (χ3v) is 4.41. The lowest BCUT2D eigenvalue weighted by atomic mass is 10.0. The Balaban J connectivity index is 1.77. The maximum atomic E-state index is 11.4. The van der Waals surface area contributed by atoms with Gasteiger partial charge in [0.15, 0.2) is 0 Å². The minimum absolute atomic E-state index is 0.388. The van der Waals surface area contributed by atoms with Crippen molar-refractivity contribution in [1.82, 2.24) is 9.80 Å². The predicted octanol–water partition coefficient (Wildman–Crippen LogP) is 2.20. The van der Waals surface area contributed by atoms with Crippen molar-refractivity contribution in [2.75, 3.05) is 33.2 Å². The van der Waals surface area contributed by atoms with E-state index in [2.05, 4.69) is 41.1 Å². The number of nitrogens with zero attached hydrogens (tertiary/aromatic N) is 2. The molecule has 0 unspecified atom stereocenters. The Kier molecular flexibility index (Phi) is 4.74. The molecule has 1 amide bonds. The molecule has 0 atom stereocenters. The van der Waals surface area contributed by atoms with Crippen LogP contribution in [0.1, 0.15) is 15.9 Å². The van der Waals surface area contributed by atoms with Crippen molar-refractivity contribution in [2.24, 2.45) is 5.73 Å². The number of primary amides is 1. The minimum atomic E-state index is -0.388. The smallest absolute Gasteiger partial charge is 0.248 e. The molecule has 23 heavy (non-hydrogen) atoms. The highest BCUT2D eigenvalue weighted by molar-refractivity contribution is 5.94. The molecule has 120 valence electrons. The Morgan fingerprint density at radius 1 is 1.00 bits per heavy atom. The molecule has 1 saturated heterocycles. The van der Waals surface area contributed by atoms with Gasteiger partial charge in [-0.2, -0.15) is 0 Å². The first-order valence-corrected chi connectivity index (χ1v) is 8.02.